The van der Waals surface area contributed by atoms with Crippen LogP contribution in [0.15, 0.2) is 41.6 Å². The highest BCUT2D eigenvalue weighted by molar-refractivity contribution is 5.71. The standard InChI is InChI=1S/C19H23N5O/c1-14-4-3-9-23(10-14)16-7-5-15(6-8-16)11-24-13-20-17-12-22(2)21-18(17)19(24)25/h5-8,12-14H,3-4,9-11H2,1-2H3/t14-/m1/s1. The number of benzene rings is 1. The summed E-state index contributed by atoms with van der Waals surface area (Å²) in [5.74, 6) is 0.753. The van der Waals surface area contributed by atoms with Gasteiger partial charge in [-0.25, -0.2) is 4.98 Å². The summed E-state index contributed by atoms with van der Waals surface area (Å²) in [7, 11) is 1.80. The predicted molar refractivity (Wildman–Crippen MR) is 98.9 cm³/mol. The SMILES string of the molecule is C[C@@H]1CCCN(c2ccc(Cn3cnc4cn(C)nc4c3=O)cc2)C1. The first-order valence-electron chi connectivity index (χ1n) is 8.83. The lowest BCUT2D eigenvalue weighted by atomic mass is 9.99. The van der Waals surface area contributed by atoms with Crippen molar-refractivity contribution >= 4 is 16.7 Å². The van der Waals surface area contributed by atoms with Gasteiger partial charge in [-0.15, -0.1) is 0 Å². The quantitative estimate of drug-likeness (QED) is 0.736. The third-order valence-corrected chi connectivity index (χ3v) is 4.92. The van der Waals surface area contributed by atoms with Crippen molar-refractivity contribution in [1.82, 2.24) is 19.3 Å². The van der Waals surface area contributed by atoms with Crippen molar-refractivity contribution in [2.75, 3.05) is 18.0 Å². The average molecular weight is 337 g/mol. The number of aryl methyl sites for hydroxylation is 1. The Morgan fingerprint density at radius 2 is 2.04 bits per heavy atom. The molecule has 130 valence electrons. The average Bonchev–Trinajstić information content (AvgIpc) is 2.99. The Labute approximate surface area is 146 Å². The van der Waals surface area contributed by atoms with Gasteiger partial charge in [0.25, 0.3) is 5.56 Å². The summed E-state index contributed by atoms with van der Waals surface area (Å²) in [5.41, 5.74) is 3.32. The Morgan fingerprint density at radius 1 is 1.24 bits per heavy atom. The van der Waals surface area contributed by atoms with E-state index in [9.17, 15) is 4.79 Å². The van der Waals surface area contributed by atoms with E-state index in [0.717, 1.165) is 24.6 Å². The van der Waals surface area contributed by atoms with Gasteiger partial charge in [0.1, 0.15) is 5.52 Å². The summed E-state index contributed by atoms with van der Waals surface area (Å²) < 4.78 is 3.24. The minimum atomic E-state index is -0.0977. The van der Waals surface area contributed by atoms with Gasteiger partial charge < -0.3 is 4.90 Å². The number of hydrogen-bond acceptors (Lipinski definition) is 4. The molecule has 1 aliphatic rings. The third kappa shape index (κ3) is 3.16. The molecule has 0 unspecified atom stereocenters. The lowest BCUT2D eigenvalue weighted by Gasteiger charge is -2.32. The van der Waals surface area contributed by atoms with Crippen LogP contribution in [0.3, 0.4) is 0 Å². The summed E-state index contributed by atoms with van der Waals surface area (Å²) in [4.78, 5) is 19.3. The molecule has 6 nitrogen and oxygen atoms in total. The molecule has 0 radical (unpaired) electrons. The van der Waals surface area contributed by atoms with E-state index in [1.54, 1.807) is 28.8 Å². The molecule has 0 spiro atoms. The Morgan fingerprint density at radius 3 is 2.80 bits per heavy atom. The highest BCUT2D eigenvalue weighted by atomic mass is 16.1. The smallest absolute Gasteiger partial charge is 0.282 e. The summed E-state index contributed by atoms with van der Waals surface area (Å²) in [6.45, 7) is 5.07. The molecule has 0 saturated carbocycles. The van der Waals surface area contributed by atoms with E-state index >= 15 is 0 Å². The van der Waals surface area contributed by atoms with E-state index in [1.807, 2.05) is 0 Å². The number of anilines is 1. The highest BCUT2D eigenvalue weighted by Gasteiger charge is 2.16. The summed E-state index contributed by atoms with van der Waals surface area (Å²) in [5, 5.41) is 4.21. The van der Waals surface area contributed by atoms with E-state index in [1.165, 1.54) is 18.5 Å². The van der Waals surface area contributed by atoms with E-state index in [-0.39, 0.29) is 5.56 Å². The summed E-state index contributed by atoms with van der Waals surface area (Å²) >= 11 is 0. The lowest BCUT2D eigenvalue weighted by Crippen LogP contribution is -2.34. The van der Waals surface area contributed by atoms with E-state index in [2.05, 4.69) is 46.2 Å². The molecule has 1 aromatic carbocycles. The van der Waals surface area contributed by atoms with Crippen LogP contribution in [0.5, 0.6) is 0 Å². The molecule has 1 atom stereocenters. The zero-order chi connectivity index (χ0) is 17.4. The van der Waals surface area contributed by atoms with Gasteiger partial charge in [-0.2, -0.15) is 5.10 Å². The molecule has 2 aromatic heterocycles. The molecule has 25 heavy (non-hydrogen) atoms. The first-order valence-corrected chi connectivity index (χ1v) is 8.83. The Balaban J connectivity index is 1.55. The van der Waals surface area contributed by atoms with Crippen LogP contribution in [0.1, 0.15) is 25.3 Å². The van der Waals surface area contributed by atoms with Crippen LogP contribution in [0, 0.1) is 5.92 Å². The van der Waals surface area contributed by atoms with E-state index in [0.29, 0.717) is 17.6 Å². The van der Waals surface area contributed by atoms with Crippen molar-refractivity contribution in [3.8, 4) is 0 Å². The predicted octanol–water partition coefficient (Wildman–Crippen LogP) is 2.41. The zero-order valence-electron chi connectivity index (χ0n) is 14.7. The van der Waals surface area contributed by atoms with Crippen LogP contribution in [0.4, 0.5) is 5.69 Å². The molecule has 0 N–H and O–H groups in total. The summed E-state index contributed by atoms with van der Waals surface area (Å²) in [6, 6.07) is 8.52. The molecule has 0 amide bonds. The van der Waals surface area contributed by atoms with Gasteiger partial charge in [0, 0.05) is 25.8 Å². The summed E-state index contributed by atoms with van der Waals surface area (Å²) in [6.07, 6.45) is 5.94. The number of rotatable bonds is 3. The molecule has 3 heterocycles. The molecular formula is C19H23N5O. The zero-order valence-corrected chi connectivity index (χ0v) is 14.7. The molecule has 1 saturated heterocycles. The first-order chi connectivity index (χ1) is 12.1. The van der Waals surface area contributed by atoms with E-state index in [4.69, 9.17) is 0 Å². The van der Waals surface area contributed by atoms with Gasteiger partial charge in [-0.3, -0.25) is 14.0 Å². The van der Waals surface area contributed by atoms with Crippen LogP contribution >= 0.6 is 0 Å². The van der Waals surface area contributed by atoms with Gasteiger partial charge in [-0.1, -0.05) is 19.1 Å². The van der Waals surface area contributed by atoms with E-state index < -0.39 is 0 Å². The van der Waals surface area contributed by atoms with Gasteiger partial charge in [0.05, 0.1) is 19.1 Å². The van der Waals surface area contributed by atoms with Crippen molar-refractivity contribution in [3.05, 3.63) is 52.7 Å². The first kappa shape index (κ1) is 15.9. The Kier molecular flexibility index (Phi) is 4.03. The van der Waals surface area contributed by atoms with Crippen LogP contribution < -0.4 is 10.5 Å². The van der Waals surface area contributed by atoms with Crippen molar-refractivity contribution in [1.29, 1.82) is 0 Å². The van der Waals surface area contributed by atoms with Gasteiger partial charge >= 0.3 is 0 Å². The second-order valence-corrected chi connectivity index (χ2v) is 7.07. The number of hydrogen-bond donors (Lipinski definition) is 0. The van der Waals surface area contributed by atoms with Crippen LogP contribution in [0.2, 0.25) is 0 Å². The number of nitrogens with zero attached hydrogens (tertiary/aromatic N) is 5. The maximum atomic E-state index is 12.5. The fourth-order valence-corrected chi connectivity index (χ4v) is 3.59. The fourth-order valence-electron chi connectivity index (χ4n) is 3.59. The van der Waals surface area contributed by atoms with Crippen LogP contribution in [-0.2, 0) is 13.6 Å². The number of aromatic nitrogens is 4. The van der Waals surface area contributed by atoms with Gasteiger partial charge in [0.15, 0.2) is 5.52 Å². The Bertz CT molecular complexity index is 941. The molecular weight excluding hydrogens is 314 g/mol. The second kappa shape index (κ2) is 6.35. The van der Waals surface area contributed by atoms with Crippen molar-refractivity contribution in [3.63, 3.8) is 0 Å². The highest BCUT2D eigenvalue weighted by Crippen LogP contribution is 2.23. The van der Waals surface area contributed by atoms with Crippen molar-refractivity contribution < 1.29 is 0 Å². The van der Waals surface area contributed by atoms with Gasteiger partial charge in [-0.05, 0) is 36.5 Å². The van der Waals surface area contributed by atoms with Crippen molar-refractivity contribution in [2.45, 2.75) is 26.3 Å². The monoisotopic (exact) mass is 337 g/mol. The third-order valence-electron chi connectivity index (χ3n) is 4.92. The fraction of sp³-hybridized carbons (Fsp3) is 0.421. The molecule has 0 aliphatic carbocycles. The minimum absolute atomic E-state index is 0.0977. The largest absolute Gasteiger partial charge is 0.371 e. The molecule has 4 rings (SSSR count). The maximum absolute atomic E-state index is 12.5. The lowest BCUT2D eigenvalue weighted by molar-refractivity contribution is 0.447. The van der Waals surface area contributed by atoms with Crippen LogP contribution in [-0.4, -0.2) is 32.4 Å². The van der Waals surface area contributed by atoms with Crippen molar-refractivity contribution in [2.24, 2.45) is 13.0 Å². The van der Waals surface area contributed by atoms with Gasteiger partial charge in [0.2, 0.25) is 0 Å². The maximum Gasteiger partial charge on any atom is 0.282 e. The molecule has 6 heteroatoms. The number of fused-ring (bicyclic) bond motifs is 1. The number of piperidine rings is 1. The molecule has 3 aromatic rings. The Hall–Kier alpha value is -2.63. The normalized spacial score (nSPS) is 18.0. The topological polar surface area (TPSA) is 56.0 Å². The minimum Gasteiger partial charge on any atom is -0.371 e. The molecule has 0 bridgehead atoms. The molecule has 1 aliphatic heterocycles. The molecule has 1 fully saturated rings. The van der Waals surface area contributed by atoms with Crippen LogP contribution in [0.25, 0.3) is 11.0 Å². The second-order valence-electron chi connectivity index (χ2n) is 7.07.